The van der Waals surface area contributed by atoms with E-state index in [1.165, 1.54) is 0 Å². The minimum Gasteiger partial charge on any atom is -0.353 e. The largest absolute Gasteiger partial charge is 0.353 e. The van der Waals surface area contributed by atoms with Crippen molar-refractivity contribution in [2.45, 2.75) is 45.6 Å². The van der Waals surface area contributed by atoms with Crippen molar-refractivity contribution in [2.75, 3.05) is 13.1 Å². The highest BCUT2D eigenvalue weighted by molar-refractivity contribution is 5.83. The Morgan fingerprint density at radius 3 is 2.69 bits per heavy atom. The highest BCUT2D eigenvalue weighted by Gasteiger charge is 2.37. The molecule has 1 fully saturated rings. The van der Waals surface area contributed by atoms with Crippen molar-refractivity contribution < 1.29 is 4.79 Å². The molecule has 1 rings (SSSR count). The van der Waals surface area contributed by atoms with Crippen molar-refractivity contribution in [3.05, 3.63) is 12.7 Å². The van der Waals surface area contributed by atoms with Gasteiger partial charge in [-0.15, -0.1) is 6.58 Å². The SMILES string of the molecule is C=CCC(C)NC(=O)C1(CC)CCNCC1. The third-order valence-corrected chi connectivity index (χ3v) is 3.62. The quantitative estimate of drug-likeness (QED) is 0.700. The predicted molar refractivity (Wildman–Crippen MR) is 67.2 cm³/mol. The van der Waals surface area contributed by atoms with Crippen molar-refractivity contribution >= 4 is 5.91 Å². The lowest BCUT2D eigenvalue weighted by Crippen LogP contribution is -2.49. The molecule has 3 heteroatoms. The molecule has 0 aromatic carbocycles. The molecule has 1 unspecified atom stereocenters. The van der Waals surface area contributed by atoms with Gasteiger partial charge in [0.05, 0.1) is 5.41 Å². The van der Waals surface area contributed by atoms with E-state index in [1.807, 2.05) is 13.0 Å². The Hall–Kier alpha value is -0.830. The zero-order chi connectivity index (χ0) is 12.0. The second-order valence-electron chi connectivity index (χ2n) is 4.78. The molecule has 2 N–H and O–H groups in total. The van der Waals surface area contributed by atoms with E-state index in [0.29, 0.717) is 0 Å². The zero-order valence-corrected chi connectivity index (χ0v) is 10.5. The van der Waals surface area contributed by atoms with Crippen molar-refractivity contribution in [1.82, 2.24) is 10.6 Å². The first-order valence-corrected chi connectivity index (χ1v) is 6.27. The normalized spacial score (nSPS) is 21.1. The van der Waals surface area contributed by atoms with Gasteiger partial charge in [0.1, 0.15) is 0 Å². The van der Waals surface area contributed by atoms with E-state index >= 15 is 0 Å². The molecule has 1 heterocycles. The number of amides is 1. The number of nitrogens with one attached hydrogen (secondary N) is 2. The lowest BCUT2D eigenvalue weighted by atomic mass is 9.75. The fraction of sp³-hybridized carbons (Fsp3) is 0.769. The van der Waals surface area contributed by atoms with Crippen LogP contribution in [0.1, 0.15) is 39.5 Å². The molecule has 0 saturated carbocycles. The number of carbonyl (C=O) groups excluding carboxylic acids is 1. The summed E-state index contributed by atoms with van der Waals surface area (Å²) in [6.45, 7) is 9.75. The van der Waals surface area contributed by atoms with Crippen molar-refractivity contribution in [2.24, 2.45) is 5.41 Å². The van der Waals surface area contributed by atoms with Gasteiger partial charge >= 0.3 is 0 Å². The van der Waals surface area contributed by atoms with Gasteiger partial charge in [0.15, 0.2) is 0 Å². The molecule has 92 valence electrons. The van der Waals surface area contributed by atoms with Gasteiger partial charge in [-0.3, -0.25) is 4.79 Å². The Labute approximate surface area is 98.7 Å². The molecular weight excluding hydrogens is 200 g/mol. The molecule has 1 atom stereocenters. The standard InChI is InChI=1S/C13H24N2O/c1-4-6-11(3)15-12(16)13(5-2)7-9-14-10-8-13/h4,11,14H,1,5-10H2,2-3H3,(H,15,16). The molecule has 0 spiro atoms. The molecule has 16 heavy (non-hydrogen) atoms. The predicted octanol–water partition coefficient (Wildman–Crippen LogP) is 1.85. The molecule has 1 saturated heterocycles. The Morgan fingerprint density at radius 1 is 1.56 bits per heavy atom. The van der Waals surface area contributed by atoms with Gasteiger partial charge < -0.3 is 10.6 Å². The van der Waals surface area contributed by atoms with Crippen LogP contribution in [-0.4, -0.2) is 25.0 Å². The molecule has 0 radical (unpaired) electrons. The molecule has 0 bridgehead atoms. The van der Waals surface area contributed by atoms with Crippen LogP contribution in [0.4, 0.5) is 0 Å². The number of rotatable bonds is 5. The van der Waals surface area contributed by atoms with E-state index in [9.17, 15) is 4.79 Å². The van der Waals surface area contributed by atoms with E-state index in [1.54, 1.807) is 0 Å². The summed E-state index contributed by atoms with van der Waals surface area (Å²) in [6.07, 6.45) is 5.53. The van der Waals surface area contributed by atoms with Crippen LogP contribution in [0.5, 0.6) is 0 Å². The maximum Gasteiger partial charge on any atom is 0.226 e. The van der Waals surface area contributed by atoms with Gasteiger partial charge in [0.2, 0.25) is 5.91 Å². The summed E-state index contributed by atoms with van der Waals surface area (Å²) >= 11 is 0. The van der Waals surface area contributed by atoms with E-state index in [2.05, 4.69) is 24.1 Å². The van der Waals surface area contributed by atoms with Crippen molar-refractivity contribution in [1.29, 1.82) is 0 Å². The lowest BCUT2D eigenvalue weighted by molar-refractivity contribution is -0.133. The third-order valence-electron chi connectivity index (χ3n) is 3.62. The first-order chi connectivity index (χ1) is 7.64. The number of hydrogen-bond donors (Lipinski definition) is 2. The van der Waals surface area contributed by atoms with Gasteiger partial charge in [-0.2, -0.15) is 0 Å². The summed E-state index contributed by atoms with van der Waals surface area (Å²) in [5, 5.41) is 6.42. The smallest absolute Gasteiger partial charge is 0.226 e. The van der Waals surface area contributed by atoms with Gasteiger partial charge in [0.25, 0.3) is 0 Å². The maximum atomic E-state index is 12.3. The molecule has 0 aliphatic carbocycles. The minimum absolute atomic E-state index is 0.138. The summed E-state index contributed by atoms with van der Waals surface area (Å²) in [7, 11) is 0. The number of hydrogen-bond acceptors (Lipinski definition) is 2. The molecule has 1 aliphatic rings. The maximum absolute atomic E-state index is 12.3. The second kappa shape index (κ2) is 6.04. The number of piperidine rings is 1. The van der Waals surface area contributed by atoms with Crippen LogP contribution in [-0.2, 0) is 4.79 Å². The van der Waals surface area contributed by atoms with Gasteiger partial charge in [-0.1, -0.05) is 13.0 Å². The monoisotopic (exact) mass is 224 g/mol. The summed E-state index contributed by atoms with van der Waals surface area (Å²) in [5.41, 5.74) is -0.138. The average Bonchev–Trinajstić information content (AvgIpc) is 2.30. The Morgan fingerprint density at radius 2 is 2.19 bits per heavy atom. The van der Waals surface area contributed by atoms with Crippen LogP contribution in [0.25, 0.3) is 0 Å². The summed E-state index contributed by atoms with van der Waals surface area (Å²) < 4.78 is 0. The lowest BCUT2D eigenvalue weighted by Gasteiger charge is -2.36. The minimum atomic E-state index is -0.138. The highest BCUT2D eigenvalue weighted by atomic mass is 16.2. The van der Waals surface area contributed by atoms with E-state index in [0.717, 1.165) is 38.8 Å². The molecule has 0 aromatic rings. The second-order valence-corrected chi connectivity index (χ2v) is 4.78. The summed E-state index contributed by atoms with van der Waals surface area (Å²) in [6, 6.07) is 0.198. The Balaban J connectivity index is 2.57. The topological polar surface area (TPSA) is 41.1 Å². The summed E-state index contributed by atoms with van der Waals surface area (Å²) in [5.74, 6) is 0.228. The van der Waals surface area contributed by atoms with Crippen LogP contribution < -0.4 is 10.6 Å². The van der Waals surface area contributed by atoms with E-state index < -0.39 is 0 Å². The first kappa shape index (κ1) is 13.2. The first-order valence-electron chi connectivity index (χ1n) is 6.27. The molecule has 3 nitrogen and oxygen atoms in total. The van der Waals surface area contributed by atoms with E-state index in [4.69, 9.17) is 0 Å². The van der Waals surface area contributed by atoms with Gasteiger partial charge in [-0.05, 0) is 45.7 Å². The fourth-order valence-electron chi connectivity index (χ4n) is 2.33. The Bertz CT molecular complexity index is 244. The molecular formula is C13H24N2O. The van der Waals surface area contributed by atoms with Gasteiger partial charge in [0, 0.05) is 6.04 Å². The van der Waals surface area contributed by atoms with Crippen LogP contribution >= 0.6 is 0 Å². The molecule has 1 amide bonds. The highest BCUT2D eigenvalue weighted by Crippen LogP contribution is 2.32. The Kier molecular flexibility index (Phi) is 5.00. The average molecular weight is 224 g/mol. The number of carbonyl (C=O) groups is 1. The molecule has 0 aromatic heterocycles. The molecule has 1 aliphatic heterocycles. The van der Waals surface area contributed by atoms with Crippen LogP contribution in [0.2, 0.25) is 0 Å². The third kappa shape index (κ3) is 3.08. The van der Waals surface area contributed by atoms with Crippen LogP contribution in [0, 0.1) is 5.41 Å². The van der Waals surface area contributed by atoms with Crippen LogP contribution in [0.15, 0.2) is 12.7 Å². The van der Waals surface area contributed by atoms with Crippen molar-refractivity contribution in [3.8, 4) is 0 Å². The van der Waals surface area contributed by atoms with Gasteiger partial charge in [-0.25, -0.2) is 0 Å². The zero-order valence-electron chi connectivity index (χ0n) is 10.5. The fourth-order valence-corrected chi connectivity index (χ4v) is 2.33. The van der Waals surface area contributed by atoms with E-state index in [-0.39, 0.29) is 17.4 Å². The summed E-state index contributed by atoms with van der Waals surface area (Å²) in [4.78, 5) is 12.3. The van der Waals surface area contributed by atoms with Crippen molar-refractivity contribution in [3.63, 3.8) is 0 Å². The van der Waals surface area contributed by atoms with Crippen LogP contribution in [0.3, 0.4) is 0 Å².